The first-order chi connectivity index (χ1) is 11.7. The fourth-order valence-electron chi connectivity index (χ4n) is 1.54. The molecule has 0 spiro atoms. The summed E-state index contributed by atoms with van der Waals surface area (Å²) in [5.41, 5.74) is 0.756. The number of benzene rings is 2. The van der Waals surface area contributed by atoms with Crippen molar-refractivity contribution in [2.45, 2.75) is 18.7 Å². The van der Waals surface area contributed by atoms with Crippen LogP contribution in [0.1, 0.15) is 19.4 Å². The number of amides is 2. The molecule has 0 aromatic heterocycles. The minimum atomic E-state index is -3.59. The van der Waals surface area contributed by atoms with Gasteiger partial charge < -0.3 is 0 Å². The lowest BCUT2D eigenvalue weighted by atomic mass is 10.2. The second-order valence-corrected chi connectivity index (χ2v) is 6.66. The molecule has 25 heavy (non-hydrogen) atoms. The summed E-state index contributed by atoms with van der Waals surface area (Å²) in [7, 11) is -2.14. The molecule has 0 atom stereocenters. The van der Waals surface area contributed by atoms with Crippen molar-refractivity contribution in [2.75, 3.05) is 7.05 Å². The fraction of sp³-hybridized carbons (Fsp3) is 0.167. The van der Waals surface area contributed by atoms with E-state index in [1.807, 2.05) is 18.2 Å². The van der Waals surface area contributed by atoms with Gasteiger partial charge in [0.15, 0.2) is 0 Å². The van der Waals surface area contributed by atoms with E-state index in [-0.39, 0.29) is 16.7 Å². The Morgan fingerprint density at radius 3 is 1.72 bits per heavy atom. The standard InChI is InChI=1S/C13H11NO2S.C5H9NO2/c15-17(16,13-9-5-2-6-10-13)14-11-12-7-3-1-4-8-12;1-4(7)6(3)5(2)8/h1-11H;1-3H3. The molecule has 0 unspecified atom stereocenters. The van der Waals surface area contributed by atoms with Gasteiger partial charge >= 0.3 is 0 Å². The van der Waals surface area contributed by atoms with Crippen molar-refractivity contribution in [1.29, 1.82) is 0 Å². The minimum Gasteiger partial charge on any atom is -0.286 e. The molecule has 0 bridgehead atoms. The van der Waals surface area contributed by atoms with Crippen LogP contribution in [0.15, 0.2) is 70.0 Å². The highest BCUT2D eigenvalue weighted by Gasteiger charge is 2.09. The molecule has 7 heteroatoms. The van der Waals surface area contributed by atoms with Crippen molar-refractivity contribution >= 4 is 28.1 Å². The number of sulfonamides is 1. The summed E-state index contributed by atoms with van der Waals surface area (Å²) in [6.45, 7) is 2.70. The predicted molar refractivity (Wildman–Crippen MR) is 96.8 cm³/mol. The molecule has 2 aromatic carbocycles. The normalized spacial score (nSPS) is 10.7. The van der Waals surface area contributed by atoms with Gasteiger partial charge in [-0.15, -0.1) is 0 Å². The molecule has 0 fully saturated rings. The summed E-state index contributed by atoms with van der Waals surface area (Å²) in [4.78, 5) is 21.8. The SMILES string of the molecule is CC(=O)N(C)C(C)=O.O=S(=O)(N=Cc1ccccc1)c1ccccc1. The van der Waals surface area contributed by atoms with E-state index in [9.17, 15) is 18.0 Å². The largest absolute Gasteiger partial charge is 0.286 e. The number of imide groups is 1. The van der Waals surface area contributed by atoms with Crippen LogP contribution >= 0.6 is 0 Å². The highest BCUT2D eigenvalue weighted by Crippen LogP contribution is 2.11. The van der Waals surface area contributed by atoms with E-state index in [0.717, 1.165) is 10.5 Å². The molecule has 0 aliphatic rings. The van der Waals surface area contributed by atoms with Crippen LogP contribution in [0, 0.1) is 0 Å². The van der Waals surface area contributed by atoms with E-state index in [0.29, 0.717) is 0 Å². The molecule has 6 nitrogen and oxygen atoms in total. The van der Waals surface area contributed by atoms with Crippen LogP contribution in [0.4, 0.5) is 0 Å². The Hall–Kier alpha value is -2.80. The minimum absolute atomic E-state index is 0.201. The van der Waals surface area contributed by atoms with Crippen molar-refractivity contribution in [2.24, 2.45) is 4.40 Å². The smallest absolute Gasteiger partial charge is 0.282 e. The van der Waals surface area contributed by atoms with Crippen LogP contribution < -0.4 is 0 Å². The van der Waals surface area contributed by atoms with Gasteiger partial charge in [-0.2, -0.15) is 12.8 Å². The molecule has 0 aliphatic heterocycles. The Morgan fingerprint density at radius 2 is 1.32 bits per heavy atom. The lowest BCUT2D eigenvalue weighted by Gasteiger charge is -2.07. The van der Waals surface area contributed by atoms with E-state index in [1.54, 1.807) is 30.3 Å². The molecule has 0 radical (unpaired) electrons. The maximum atomic E-state index is 11.8. The van der Waals surface area contributed by atoms with E-state index < -0.39 is 10.0 Å². The van der Waals surface area contributed by atoms with Gasteiger partial charge in [0.25, 0.3) is 10.0 Å². The van der Waals surface area contributed by atoms with Crippen LogP contribution in [0.2, 0.25) is 0 Å². The third kappa shape index (κ3) is 7.09. The van der Waals surface area contributed by atoms with Crippen LogP contribution in [-0.4, -0.2) is 38.4 Å². The molecule has 2 aromatic rings. The molecule has 2 rings (SSSR count). The van der Waals surface area contributed by atoms with Crippen LogP contribution in [0.5, 0.6) is 0 Å². The Bertz CT molecular complexity index is 818. The number of hydrogen-bond donors (Lipinski definition) is 0. The third-order valence-electron chi connectivity index (χ3n) is 3.13. The zero-order chi connectivity index (χ0) is 18.9. The number of nitrogens with zero attached hydrogens (tertiary/aromatic N) is 2. The quantitative estimate of drug-likeness (QED) is 0.787. The van der Waals surface area contributed by atoms with Gasteiger partial charge in [-0.1, -0.05) is 48.5 Å². The monoisotopic (exact) mass is 360 g/mol. The van der Waals surface area contributed by atoms with E-state index in [2.05, 4.69) is 4.40 Å². The summed E-state index contributed by atoms with van der Waals surface area (Å²) in [6, 6.07) is 17.3. The molecule has 0 saturated carbocycles. The van der Waals surface area contributed by atoms with Gasteiger partial charge in [-0.05, 0) is 17.7 Å². The molecule has 2 amide bonds. The highest BCUT2D eigenvalue weighted by atomic mass is 32.2. The van der Waals surface area contributed by atoms with E-state index in [4.69, 9.17) is 0 Å². The van der Waals surface area contributed by atoms with E-state index in [1.165, 1.54) is 39.2 Å². The summed E-state index contributed by atoms with van der Waals surface area (Å²) >= 11 is 0. The molecule has 0 aliphatic carbocycles. The lowest BCUT2D eigenvalue weighted by Crippen LogP contribution is -2.28. The van der Waals surface area contributed by atoms with Gasteiger partial charge in [-0.3, -0.25) is 14.5 Å². The van der Waals surface area contributed by atoms with E-state index >= 15 is 0 Å². The van der Waals surface area contributed by atoms with Gasteiger partial charge in [-0.25, -0.2) is 0 Å². The number of rotatable bonds is 3. The lowest BCUT2D eigenvalue weighted by molar-refractivity contribution is -0.140. The Labute approximate surface area is 147 Å². The Kier molecular flexibility index (Phi) is 7.68. The zero-order valence-electron chi connectivity index (χ0n) is 14.3. The van der Waals surface area contributed by atoms with Crippen molar-refractivity contribution in [3.63, 3.8) is 0 Å². The molecular weight excluding hydrogens is 340 g/mol. The topological polar surface area (TPSA) is 83.9 Å². The predicted octanol–water partition coefficient (Wildman–Crippen LogP) is 2.51. The van der Waals surface area contributed by atoms with Gasteiger partial charge in [0.05, 0.1) is 4.90 Å². The average molecular weight is 360 g/mol. The summed E-state index contributed by atoms with van der Waals surface area (Å²) in [5.74, 6) is -0.449. The summed E-state index contributed by atoms with van der Waals surface area (Å²) in [6.07, 6.45) is 1.35. The van der Waals surface area contributed by atoms with Crippen molar-refractivity contribution in [3.8, 4) is 0 Å². The molecule has 132 valence electrons. The number of carbonyl (C=O) groups excluding carboxylic acids is 2. The van der Waals surface area contributed by atoms with Crippen molar-refractivity contribution in [3.05, 3.63) is 66.2 Å². The Balaban J connectivity index is 0.000000333. The van der Waals surface area contributed by atoms with Crippen molar-refractivity contribution in [1.82, 2.24) is 4.90 Å². The summed E-state index contributed by atoms with van der Waals surface area (Å²) < 4.78 is 27.3. The van der Waals surface area contributed by atoms with Gasteiger partial charge in [0, 0.05) is 27.1 Å². The molecule has 0 saturated heterocycles. The maximum absolute atomic E-state index is 11.8. The first-order valence-corrected chi connectivity index (χ1v) is 8.83. The average Bonchev–Trinajstić information content (AvgIpc) is 2.61. The fourth-order valence-corrected chi connectivity index (χ4v) is 2.43. The first kappa shape index (κ1) is 20.2. The highest BCUT2D eigenvalue weighted by molar-refractivity contribution is 7.90. The number of carbonyl (C=O) groups is 2. The second kappa shape index (κ2) is 9.48. The first-order valence-electron chi connectivity index (χ1n) is 7.39. The van der Waals surface area contributed by atoms with Crippen LogP contribution in [-0.2, 0) is 19.6 Å². The van der Waals surface area contributed by atoms with Crippen LogP contribution in [0.3, 0.4) is 0 Å². The second-order valence-electron chi connectivity index (χ2n) is 5.03. The third-order valence-corrected chi connectivity index (χ3v) is 4.38. The van der Waals surface area contributed by atoms with Crippen LogP contribution in [0.25, 0.3) is 0 Å². The maximum Gasteiger partial charge on any atom is 0.282 e. The Morgan fingerprint density at radius 1 is 0.880 bits per heavy atom. The molecular formula is C18H20N2O4S. The zero-order valence-corrected chi connectivity index (χ0v) is 15.1. The van der Waals surface area contributed by atoms with Gasteiger partial charge in [0.1, 0.15) is 0 Å². The van der Waals surface area contributed by atoms with Crippen molar-refractivity contribution < 1.29 is 18.0 Å². The number of hydrogen-bond acceptors (Lipinski definition) is 4. The van der Waals surface area contributed by atoms with Gasteiger partial charge in [0.2, 0.25) is 11.8 Å². The molecule has 0 N–H and O–H groups in total. The molecule has 0 heterocycles. The summed E-state index contributed by atoms with van der Waals surface area (Å²) in [5, 5.41) is 0.